The van der Waals surface area contributed by atoms with E-state index in [1.807, 2.05) is 6.08 Å². The van der Waals surface area contributed by atoms with Crippen molar-refractivity contribution in [2.45, 2.75) is 18.6 Å². The quantitative estimate of drug-likeness (QED) is 0.653. The molecule has 1 aromatic carbocycles. The highest BCUT2D eigenvalue weighted by molar-refractivity contribution is 6.02. The first-order valence-corrected chi connectivity index (χ1v) is 8.15. The van der Waals surface area contributed by atoms with E-state index in [-0.39, 0.29) is 19.1 Å². The van der Waals surface area contributed by atoms with E-state index >= 15 is 0 Å². The van der Waals surface area contributed by atoms with Crippen LogP contribution in [0.5, 0.6) is 0 Å². The van der Waals surface area contributed by atoms with Gasteiger partial charge in [-0.2, -0.15) is 0 Å². The van der Waals surface area contributed by atoms with E-state index in [1.54, 1.807) is 37.3 Å². The molecular formula is C18H17NO6. The smallest absolute Gasteiger partial charge is 0.338 e. The maximum atomic E-state index is 12.9. The van der Waals surface area contributed by atoms with E-state index in [0.29, 0.717) is 11.3 Å². The summed E-state index contributed by atoms with van der Waals surface area (Å²) >= 11 is 0. The summed E-state index contributed by atoms with van der Waals surface area (Å²) < 4.78 is 10.8. The third-order valence-electron chi connectivity index (χ3n) is 5.08. The molecule has 1 spiro atoms. The molecule has 0 aliphatic carbocycles. The Labute approximate surface area is 143 Å². The van der Waals surface area contributed by atoms with Crippen LogP contribution in [0.2, 0.25) is 0 Å². The number of rotatable bonds is 4. The molecule has 7 nitrogen and oxygen atoms in total. The molecule has 0 aromatic heterocycles. The van der Waals surface area contributed by atoms with Crippen LogP contribution in [-0.2, 0) is 19.1 Å². The predicted molar refractivity (Wildman–Crippen MR) is 86.1 cm³/mol. The minimum atomic E-state index is -1.02. The van der Waals surface area contributed by atoms with Crippen LogP contribution in [0.4, 0.5) is 5.69 Å². The van der Waals surface area contributed by atoms with Crippen molar-refractivity contribution in [3.05, 3.63) is 42.0 Å². The second-order valence-corrected chi connectivity index (χ2v) is 6.43. The minimum Gasteiger partial charge on any atom is -0.481 e. The topological polar surface area (TPSA) is 93.1 Å². The highest BCUT2D eigenvalue weighted by Gasteiger charge is 2.67. The lowest BCUT2D eigenvalue weighted by Gasteiger charge is -2.21. The van der Waals surface area contributed by atoms with Gasteiger partial charge in [0.15, 0.2) is 0 Å². The third-order valence-corrected chi connectivity index (χ3v) is 5.08. The first-order chi connectivity index (χ1) is 12.0. The molecule has 1 aromatic rings. The van der Waals surface area contributed by atoms with Gasteiger partial charge in [-0.3, -0.25) is 9.59 Å². The lowest BCUT2D eigenvalue weighted by atomic mass is 9.77. The van der Waals surface area contributed by atoms with Crippen LogP contribution in [-0.4, -0.2) is 47.8 Å². The van der Waals surface area contributed by atoms with E-state index in [0.717, 1.165) is 0 Å². The lowest BCUT2D eigenvalue weighted by Crippen LogP contribution is -2.39. The van der Waals surface area contributed by atoms with Gasteiger partial charge in [0, 0.05) is 5.69 Å². The molecule has 0 saturated carbocycles. The van der Waals surface area contributed by atoms with Crippen LogP contribution in [0.15, 0.2) is 36.4 Å². The van der Waals surface area contributed by atoms with Gasteiger partial charge in [-0.05, 0) is 31.2 Å². The molecule has 0 unspecified atom stereocenters. The number of carbonyl (C=O) groups excluding carboxylic acids is 2. The molecule has 3 aliphatic heterocycles. The monoisotopic (exact) mass is 343 g/mol. The average Bonchev–Trinajstić information content (AvgIpc) is 3.23. The fourth-order valence-corrected chi connectivity index (χ4v) is 3.99. The summed E-state index contributed by atoms with van der Waals surface area (Å²) in [5.74, 6) is -3.28. The highest BCUT2D eigenvalue weighted by Crippen LogP contribution is 2.52. The number of carbonyl (C=O) groups is 3. The molecule has 3 aliphatic rings. The number of aliphatic carboxylic acids is 1. The number of carboxylic acid groups (broad SMARTS) is 1. The number of amides is 1. The summed E-state index contributed by atoms with van der Waals surface area (Å²) in [6.07, 6.45) is 3.00. The number of nitrogens with zero attached hydrogens (tertiary/aromatic N) is 1. The first kappa shape index (κ1) is 15.8. The molecule has 4 rings (SSSR count). The second-order valence-electron chi connectivity index (χ2n) is 6.43. The van der Waals surface area contributed by atoms with Gasteiger partial charge in [-0.25, -0.2) is 4.79 Å². The number of ether oxygens (including phenoxy) is 2. The SMILES string of the molecule is CCOC(=O)c1ccc(N2C[C@@]34C=C[C@@H](O3)[C@@H](C(=O)O)[C@H]4C2=O)cc1. The van der Waals surface area contributed by atoms with Crippen molar-refractivity contribution in [2.75, 3.05) is 18.1 Å². The van der Waals surface area contributed by atoms with Crippen molar-refractivity contribution in [1.82, 2.24) is 0 Å². The maximum absolute atomic E-state index is 12.9. The summed E-state index contributed by atoms with van der Waals surface area (Å²) in [5, 5.41) is 9.47. The Bertz CT molecular complexity index is 785. The van der Waals surface area contributed by atoms with Crippen LogP contribution in [0.3, 0.4) is 0 Å². The van der Waals surface area contributed by atoms with E-state index in [1.165, 1.54) is 4.90 Å². The van der Waals surface area contributed by atoms with Gasteiger partial charge in [0.25, 0.3) is 0 Å². The minimum absolute atomic E-state index is 0.261. The first-order valence-electron chi connectivity index (χ1n) is 8.15. The van der Waals surface area contributed by atoms with Crippen LogP contribution in [0.25, 0.3) is 0 Å². The third kappa shape index (κ3) is 2.19. The zero-order valence-corrected chi connectivity index (χ0v) is 13.5. The molecule has 0 radical (unpaired) electrons. The molecule has 2 saturated heterocycles. The van der Waals surface area contributed by atoms with E-state index < -0.39 is 35.5 Å². The molecule has 25 heavy (non-hydrogen) atoms. The summed E-state index contributed by atoms with van der Waals surface area (Å²) in [6.45, 7) is 2.29. The van der Waals surface area contributed by atoms with Crippen LogP contribution in [0, 0.1) is 11.8 Å². The molecule has 2 fully saturated rings. The van der Waals surface area contributed by atoms with Gasteiger partial charge in [-0.15, -0.1) is 0 Å². The van der Waals surface area contributed by atoms with Crippen molar-refractivity contribution in [2.24, 2.45) is 11.8 Å². The van der Waals surface area contributed by atoms with Crippen molar-refractivity contribution in [3.63, 3.8) is 0 Å². The van der Waals surface area contributed by atoms with Crippen LogP contribution < -0.4 is 4.90 Å². The zero-order valence-electron chi connectivity index (χ0n) is 13.5. The Morgan fingerprint density at radius 1 is 1.36 bits per heavy atom. The standard InChI is InChI=1S/C18H17NO6/c1-2-24-17(23)10-3-5-11(6-4-10)19-9-18-8-7-12(25-18)13(16(21)22)14(18)15(19)20/h3-8,12-14H,2,9H2,1H3,(H,21,22)/t12-,13-,14+,18-/m1/s1. The molecule has 7 heteroatoms. The largest absolute Gasteiger partial charge is 0.481 e. The van der Waals surface area contributed by atoms with Crippen molar-refractivity contribution >= 4 is 23.5 Å². The zero-order chi connectivity index (χ0) is 17.8. The van der Waals surface area contributed by atoms with Gasteiger partial charge in [0.1, 0.15) is 11.5 Å². The molecule has 1 amide bonds. The van der Waals surface area contributed by atoms with Gasteiger partial charge < -0.3 is 19.5 Å². The molecular weight excluding hydrogens is 326 g/mol. The van der Waals surface area contributed by atoms with E-state index in [2.05, 4.69) is 0 Å². The van der Waals surface area contributed by atoms with Gasteiger partial charge >= 0.3 is 11.9 Å². The highest BCUT2D eigenvalue weighted by atomic mass is 16.5. The maximum Gasteiger partial charge on any atom is 0.338 e. The summed E-state index contributed by atoms with van der Waals surface area (Å²) in [6, 6.07) is 6.51. The van der Waals surface area contributed by atoms with Gasteiger partial charge in [0.2, 0.25) is 5.91 Å². The van der Waals surface area contributed by atoms with E-state index in [4.69, 9.17) is 9.47 Å². The Balaban J connectivity index is 1.61. The fourth-order valence-electron chi connectivity index (χ4n) is 3.99. The summed E-state index contributed by atoms with van der Waals surface area (Å²) in [7, 11) is 0. The Morgan fingerprint density at radius 2 is 2.08 bits per heavy atom. The molecule has 130 valence electrons. The van der Waals surface area contributed by atoms with Crippen molar-refractivity contribution < 1.29 is 29.0 Å². The summed E-state index contributed by atoms with van der Waals surface area (Å²) in [4.78, 5) is 37.7. The predicted octanol–water partition coefficient (Wildman–Crippen LogP) is 1.23. The number of benzene rings is 1. The number of hydrogen-bond donors (Lipinski definition) is 1. The van der Waals surface area contributed by atoms with Crippen molar-refractivity contribution in [1.29, 1.82) is 0 Å². The normalized spacial score (nSPS) is 32.1. The number of hydrogen-bond acceptors (Lipinski definition) is 5. The van der Waals surface area contributed by atoms with E-state index in [9.17, 15) is 19.5 Å². The van der Waals surface area contributed by atoms with Crippen LogP contribution in [0.1, 0.15) is 17.3 Å². The lowest BCUT2D eigenvalue weighted by molar-refractivity contribution is -0.146. The molecule has 1 N–H and O–H groups in total. The Morgan fingerprint density at radius 3 is 2.72 bits per heavy atom. The van der Waals surface area contributed by atoms with Crippen LogP contribution >= 0.6 is 0 Å². The van der Waals surface area contributed by atoms with Gasteiger partial charge in [-0.1, -0.05) is 12.2 Å². The number of esters is 1. The Kier molecular flexibility index (Phi) is 3.43. The number of carboxylic acids is 1. The summed E-state index contributed by atoms with van der Waals surface area (Å²) in [5.41, 5.74) is 0.132. The number of fused-ring (bicyclic) bond motifs is 1. The average molecular weight is 343 g/mol. The molecule has 4 atom stereocenters. The molecule has 2 bridgehead atoms. The number of anilines is 1. The van der Waals surface area contributed by atoms with Crippen molar-refractivity contribution in [3.8, 4) is 0 Å². The second kappa shape index (κ2) is 5.42. The fraction of sp³-hybridized carbons (Fsp3) is 0.389. The Hall–Kier alpha value is -2.67. The molecule has 3 heterocycles. The van der Waals surface area contributed by atoms with Gasteiger partial charge in [0.05, 0.1) is 30.7 Å².